The summed E-state index contributed by atoms with van der Waals surface area (Å²) in [5, 5.41) is 0. The van der Waals surface area contributed by atoms with E-state index in [4.69, 9.17) is 0 Å². The molecule has 0 fully saturated rings. The number of hydrogen-bond acceptors (Lipinski definition) is 1. The number of ether oxygens (including phenoxy) is 1. The molecule has 0 heterocycles. The quantitative estimate of drug-likeness (QED) is 0.465. The molecule has 7 heteroatoms. The van der Waals surface area contributed by atoms with E-state index in [1.54, 1.807) is 0 Å². The average Bonchev–Trinajstić information content (AvgIpc) is 2.56. The normalized spacial score (nSPS) is 9.30. The third-order valence-corrected chi connectivity index (χ3v) is 2.36. The van der Waals surface area contributed by atoms with Gasteiger partial charge in [0.25, 0.3) is 0 Å². The Balaban J connectivity index is 0.000000232. The average molecular weight is 332 g/mol. The molecule has 1 nitrogen and oxygen atoms in total. The maximum atomic E-state index is 11.4. The summed E-state index contributed by atoms with van der Waals surface area (Å²) in [7, 11) is 0. The van der Waals surface area contributed by atoms with Crippen LogP contribution in [-0.4, -0.2) is 0 Å². The molecule has 23 heavy (non-hydrogen) atoms. The summed E-state index contributed by atoms with van der Waals surface area (Å²) in [4.78, 5) is 0. The van der Waals surface area contributed by atoms with Crippen LogP contribution in [0.25, 0.3) is 11.1 Å². The Bertz CT molecular complexity index is 600. The van der Waals surface area contributed by atoms with E-state index in [-0.39, 0.29) is 0 Å². The molecule has 122 valence electrons. The lowest BCUT2D eigenvalue weighted by atomic mass is 10.1. The minimum atomic E-state index is -3.01. The number of rotatable bonds is 3. The van der Waals surface area contributed by atoms with E-state index in [1.807, 2.05) is 12.1 Å². The minimum absolute atomic E-state index is 1.28. The van der Waals surface area contributed by atoms with Gasteiger partial charge in [-0.15, -0.1) is 0 Å². The van der Waals surface area contributed by atoms with Crippen LogP contribution in [0.4, 0.5) is 26.3 Å². The lowest BCUT2D eigenvalue weighted by molar-refractivity contribution is 0.109. The van der Waals surface area contributed by atoms with Gasteiger partial charge in [0, 0.05) is 0 Å². The monoisotopic (exact) mass is 332 g/mol. The summed E-state index contributed by atoms with van der Waals surface area (Å²) in [5.74, 6) is 0. The summed E-state index contributed by atoms with van der Waals surface area (Å²) in [6.07, 6.45) is -6.03. The summed E-state index contributed by atoms with van der Waals surface area (Å²) >= 11 is 0. The molecule has 0 radical (unpaired) electrons. The lowest BCUT2D eigenvalue weighted by Crippen LogP contribution is -1.85. The van der Waals surface area contributed by atoms with E-state index < -0.39 is 24.2 Å². The maximum Gasteiger partial charge on any atom is 0.346 e. The molecular formula is C16H10F6O. The molecule has 0 unspecified atom stereocenters. The van der Waals surface area contributed by atoms with Gasteiger partial charge in [0.05, 0.1) is 0 Å². The van der Waals surface area contributed by atoms with Gasteiger partial charge in [0.1, 0.15) is 0 Å². The molecule has 2 aromatic carbocycles. The SMILES string of the molecule is FC(F)=C(F)OC(F)=C(F)F.c1ccc(-c2ccccc2)cc1. The highest BCUT2D eigenvalue weighted by molar-refractivity contribution is 5.62. The number of benzene rings is 2. The van der Waals surface area contributed by atoms with Crippen LogP contribution in [0, 0.1) is 0 Å². The fourth-order valence-corrected chi connectivity index (χ4v) is 1.42. The van der Waals surface area contributed by atoms with Gasteiger partial charge in [-0.25, -0.2) is 0 Å². The van der Waals surface area contributed by atoms with Crippen molar-refractivity contribution >= 4 is 0 Å². The van der Waals surface area contributed by atoms with Crippen molar-refractivity contribution < 1.29 is 31.1 Å². The molecule has 2 rings (SSSR count). The molecule has 0 N–H and O–H groups in total. The Labute approximate surface area is 128 Å². The Morgan fingerprint density at radius 3 is 1.09 bits per heavy atom. The van der Waals surface area contributed by atoms with Gasteiger partial charge in [-0.05, 0) is 11.1 Å². The second kappa shape index (κ2) is 9.34. The second-order valence-electron chi connectivity index (χ2n) is 3.90. The van der Waals surface area contributed by atoms with Crippen molar-refractivity contribution in [3.05, 3.63) is 84.9 Å². The Hall–Kier alpha value is -2.70. The predicted octanol–water partition coefficient (Wildman–Crippen LogP) is 6.43. The fourth-order valence-electron chi connectivity index (χ4n) is 1.42. The minimum Gasteiger partial charge on any atom is -0.396 e. The Morgan fingerprint density at radius 1 is 0.522 bits per heavy atom. The molecule has 0 spiro atoms. The van der Waals surface area contributed by atoms with Gasteiger partial charge < -0.3 is 4.74 Å². The van der Waals surface area contributed by atoms with E-state index in [9.17, 15) is 26.3 Å². The van der Waals surface area contributed by atoms with Crippen LogP contribution in [0.15, 0.2) is 84.9 Å². The first-order chi connectivity index (χ1) is 10.9. The molecule has 0 aliphatic carbocycles. The third-order valence-electron chi connectivity index (χ3n) is 2.36. The van der Waals surface area contributed by atoms with Crippen molar-refractivity contribution in [2.24, 2.45) is 0 Å². The van der Waals surface area contributed by atoms with E-state index in [0.717, 1.165) is 0 Å². The first-order valence-electron chi connectivity index (χ1n) is 6.11. The molecule has 0 aliphatic rings. The number of halogens is 6. The van der Waals surface area contributed by atoms with Crippen LogP contribution in [0.1, 0.15) is 0 Å². The predicted molar refractivity (Wildman–Crippen MR) is 73.7 cm³/mol. The van der Waals surface area contributed by atoms with E-state index in [1.165, 1.54) is 11.1 Å². The maximum absolute atomic E-state index is 11.4. The van der Waals surface area contributed by atoms with E-state index in [2.05, 4.69) is 53.3 Å². The summed E-state index contributed by atoms with van der Waals surface area (Å²) in [6, 6.07) is 15.4. The highest BCUT2D eigenvalue weighted by Crippen LogP contribution is 2.19. The molecule has 0 amide bonds. The highest BCUT2D eigenvalue weighted by atomic mass is 19.3. The van der Waals surface area contributed by atoms with Crippen LogP contribution in [0.2, 0.25) is 0 Å². The molecular weight excluding hydrogens is 322 g/mol. The molecule has 0 atom stereocenters. The molecule has 0 aromatic heterocycles. The largest absolute Gasteiger partial charge is 0.396 e. The first-order valence-corrected chi connectivity index (χ1v) is 6.11. The second-order valence-corrected chi connectivity index (χ2v) is 3.90. The molecule has 0 saturated carbocycles. The van der Waals surface area contributed by atoms with Gasteiger partial charge >= 0.3 is 24.2 Å². The van der Waals surface area contributed by atoms with Crippen molar-refractivity contribution in [1.29, 1.82) is 0 Å². The summed E-state index contributed by atoms with van der Waals surface area (Å²) < 4.78 is 69.6. The van der Waals surface area contributed by atoms with Crippen LogP contribution in [0.5, 0.6) is 0 Å². The lowest BCUT2D eigenvalue weighted by Gasteiger charge is -1.98. The van der Waals surface area contributed by atoms with Crippen LogP contribution in [0.3, 0.4) is 0 Å². The zero-order valence-corrected chi connectivity index (χ0v) is 11.4. The fraction of sp³-hybridized carbons (Fsp3) is 0. The van der Waals surface area contributed by atoms with Gasteiger partial charge in [-0.1, -0.05) is 60.7 Å². The Kier molecular flexibility index (Phi) is 7.45. The molecule has 0 aliphatic heterocycles. The standard InChI is InChI=1S/C12H10.C4F6O/c1-3-7-11(8-4-1)12-9-5-2-6-10-12;5-1(6)3(9)11-4(10)2(7)8/h1-10H;. The van der Waals surface area contributed by atoms with Gasteiger partial charge in [0.2, 0.25) is 0 Å². The van der Waals surface area contributed by atoms with Gasteiger partial charge in [-0.2, -0.15) is 26.3 Å². The van der Waals surface area contributed by atoms with E-state index in [0.29, 0.717) is 0 Å². The topological polar surface area (TPSA) is 9.23 Å². The van der Waals surface area contributed by atoms with Crippen molar-refractivity contribution in [1.82, 2.24) is 0 Å². The Morgan fingerprint density at radius 2 is 0.826 bits per heavy atom. The van der Waals surface area contributed by atoms with Crippen molar-refractivity contribution in [2.45, 2.75) is 0 Å². The van der Waals surface area contributed by atoms with Crippen LogP contribution < -0.4 is 0 Å². The van der Waals surface area contributed by atoms with Crippen molar-refractivity contribution in [2.75, 3.05) is 0 Å². The zero-order chi connectivity index (χ0) is 17.2. The summed E-state index contributed by atoms with van der Waals surface area (Å²) in [5.41, 5.74) is 2.55. The first kappa shape index (κ1) is 18.3. The van der Waals surface area contributed by atoms with E-state index >= 15 is 0 Å². The van der Waals surface area contributed by atoms with Crippen LogP contribution >= 0.6 is 0 Å². The molecule has 0 bridgehead atoms. The van der Waals surface area contributed by atoms with Crippen LogP contribution in [-0.2, 0) is 4.74 Å². The molecule has 2 aromatic rings. The van der Waals surface area contributed by atoms with Gasteiger partial charge in [-0.3, -0.25) is 0 Å². The zero-order valence-electron chi connectivity index (χ0n) is 11.4. The highest BCUT2D eigenvalue weighted by Gasteiger charge is 2.13. The third kappa shape index (κ3) is 6.73. The van der Waals surface area contributed by atoms with Crippen molar-refractivity contribution in [3.63, 3.8) is 0 Å². The van der Waals surface area contributed by atoms with Crippen molar-refractivity contribution in [3.8, 4) is 11.1 Å². The summed E-state index contributed by atoms with van der Waals surface area (Å²) in [6.45, 7) is 0. The smallest absolute Gasteiger partial charge is 0.346 e. The van der Waals surface area contributed by atoms with Gasteiger partial charge in [0.15, 0.2) is 0 Å². The number of hydrogen-bond donors (Lipinski definition) is 0. The molecule has 0 saturated heterocycles.